The third kappa shape index (κ3) is 9.07. The number of anilines is 2. The van der Waals surface area contributed by atoms with E-state index in [4.69, 9.17) is 15.8 Å². The third-order valence-electron chi connectivity index (χ3n) is 7.15. The highest BCUT2D eigenvalue weighted by atomic mass is 32.1. The Balaban J connectivity index is 0.000000269. The Bertz CT molecular complexity index is 1900. The number of hydrogen-bond donors (Lipinski definition) is 0. The maximum absolute atomic E-state index is 9.18. The monoisotopic (exact) mass is 659 g/mol. The highest BCUT2D eigenvalue weighted by Gasteiger charge is 2.17. The van der Waals surface area contributed by atoms with Crippen LogP contribution in [0.15, 0.2) is 69.0 Å². The lowest BCUT2D eigenvalue weighted by atomic mass is 10.2. The first-order valence-electron chi connectivity index (χ1n) is 15.1. The predicted octanol–water partition coefficient (Wildman–Crippen LogP) is 8.77. The average Bonchev–Trinajstić information content (AvgIpc) is 3.61. The number of azo groups is 2. The number of imidazole rings is 1. The van der Waals surface area contributed by atoms with Crippen LogP contribution in [0.2, 0.25) is 0 Å². The van der Waals surface area contributed by atoms with E-state index in [0.29, 0.717) is 40.1 Å². The first-order valence-corrected chi connectivity index (χ1v) is 15.9. The first-order chi connectivity index (χ1) is 22.9. The van der Waals surface area contributed by atoms with Crippen molar-refractivity contribution in [2.45, 2.75) is 73.1 Å². The van der Waals surface area contributed by atoms with Crippen molar-refractivity contribution < 1.29 is 0 Å². The zero-order valence-corrected chi connectivity index (χ0v) is 29.1. The molecule has 4 aromatic rings. The second-order valence-electron chi connectivity index (χ2n) is 11.4. The molecule has 0 bridgehead atoms. The SMILES string of the molecule is CC(C)N(c1ccc(N=Nc2nc(C#N)c(C#N)n2CC#N)cc1)C(C)C.Cc1nsc(N=Nc2ccc(N(C)C(C)C)cc2)c1C#N. The molecule has 2 aromatic carbocycles. The van der Waals surface area contributed by atoms with Gasteiger partial charge >= 0.3 is 0 Å². The van der Waals surface area contributed by atoms with Gasteiger partial charge < -0.3 is 9.80 Å². The van der Waals surface area contributed by atoms with Crippen LogP contribution in [-0.2, 0) is 6.54 Å². The molecule has 0 spiro atoms. The fourth-order valence-electron chi connectivity index (χ4n) is 4.63. The first kappa shape index (κ1) is 36.5. The number of aryl methyl sites for hydroxylation is 1. The van der Waals surface area contributed by atoms with Gasteiger partial charge in [0.1, 0.15) is 30.3 Å². The van der Waals surface area contributed by atoms with Crippen LogP contribution >= 0.6 is 11.5 Å². The van der Waals surface area contributed by atoms with E-state index >= 15 is 0 Å². The summed E-state index contributed by atoms with van der Waals surface area (Å²) in [6.45, 7) is 14.5. The molecule has 0 atom stereocenters. The molecule has 2 heterocycles. The molecule has 2 aromatic heterocycles. The summed E-state index contributed by atoms with van der Waals surface area (Å²) in [5.74, 6) is 0.0553. The van der Waals surface area contributed by atoms with Crippen LogP contribution in [0, 0.1) is 52.2 Å². The smallest absolute Gasteiger partial charge is 0.252 e. The molecule has 0 radical (unpaired) electrons. The predicted molar refractivity (Wildman–Crippen MR) is 186 cm³/mol. The topological polar surface area (TPSA) is 182 Å². The Morgan fingerprint density at radius 1 is 0.750 bits per heavy atom. The number of aromatic nitrogens is 3. The normalized spacial score (nSPS) is 10.9. The molecule has 0 aliphatic heterocycles. The standard InChI is InChI=1S/C19H20N8.C15H17N5S/c1-13(2)27(14(3)4)16-7-5-15(6-8-16)24-25-19-23-17(11-21)18(12-22)26(19)10-9-20;1-10(2)20(4)13-7-5-12(6-8-13)17-18-15-14(9-16)11(3)19-21-15/h5-8,13-14H,10H2,1-4H3;5-8,10H,1-4H3. The van der Waals surface area contributed by atoms with Gasteiger partial charge in [-0.3, -0.25) is 4.57 Å². The molecule has 244 valence electrons. The minimum absolute atomic E-state index is 0.00727. The minimum Gasteiger partial charge on any atom is -0.372 e. The maximum atomic E-state index is 9.18. The summed E-state index contributed by atoms with van der Waals surface area (Å²) in [6.07, 6.45) is 0. The van der Waals surface area contributed by atoms with Crippen molar-refractivity contribution in [2.24, 2.45) is 20.5 Å². The van der Waals surface area contributed by atoms with Gasteiger partial charge in [-0.1, -0.05) is 0 Å². The summed E-state index contributed by atoms with van der Waals surface area (Å²) in [6, 6.07) is 24.4. The van der Waals surface area contributed by atoms with Crippen molar-refractivity contribution in [3.8, 4) is 24.3 Å². The molecule has 0 unspecified atom stereocenters. The van der Waals surface area contributed by atoms with Crippen molar-refractivity contribution in [3.63, 3.8) is 0 Å². The fourth-order valence-corrected chi connectivity index (χ4v) is 5.30. The lowest BCUT2D eigenvalue weighted by Crippen LogP contribution is -2.36. The number of nitrogens with zero attached hydrogens (tertiary/aromatic N) is 13. The quantitative estimate of drug-likeness (QED) is 0.151. The molecule has 48 heavy (non-hydrogen) atoms. The van der Waals surface area contributed by atoms with Gasteiger partial charge in [-0.2, -0.15) is 30.4 Å². The van der Waals surface area contributed by atoms with Crippen LogP contribution in [-0.4, -0.2) is 39.1 Å². The Labute approximate surface area is 285 Å². The zero-order chi connectivity index (χ0) is 35.4. The Morgan fingerprint density at radius 3 is 1.79 bits per heavy atom. The molecule has 13 nitrogen and oxygen atoms in total. The maximum Gasteiger partial charge on any atom is 0.252 e. The Morgan fingerprint density at radius 2 is 1.31 bits per heavy atom. The number of nitriles is 4. The van der Waals surface area contributed by atoms with Gasteiger partial charge in [0, 0.05) is 36.5 Å². The highest BCUT2D eigenvalue weighted by molar-refractivity contribution is 7.10. The third-order valence-corrected chi connectivity index (χ3v) is 7.97. The van der Waals surface area contributed by atoms with Crippen LogP contribution in [0.5, 0.6) is 0 Å². The molecule has 0 N–H and O–H groups in total. The van der Waals surface area contributed by atoms with Crippen LogP contribution < -0.4 is 9.80 Å². The van der Waals surface area contributed by atoms with Crippen LogP contribution in [0.3, 0.4) is 0 Å². The summed E-state index contributed by atoms with van der Waals surface area (Å²) in [5, 5.41) is 53.2. The van der Waals surface area contributed by atoms with Crippen molar-refractivity contribution in [1.29, 1.82) is 21.0 Å². The number of hydrogen-bond acceptors (Lipinski definition) is 13. The summed E-state index contributed by atoms with van der Waals surface area (Å²) in [4.78, 5) is 8.46. The van der Waals surface area contributed by atoms with Crippen molar-refractivity contribution >= 4 is 45.2 Å². The summed E-state index contributed by atoms with van der Waals surface area (Å²) in [5.41, 5.74) is 4.72. The minimum atomic E-state index is -0.136. The Kier molecular flexibility index (Phi) is 13.0. The molecule has 4 rings (SSSR count). The molecule has 14 heteroatoms. The highest BCUT2D eigenvalue weighted by Crippen LogP contribution is 2.29. The zero-order valence-electron chi connectivity index (χ0n) is 28.3. The van der Waals surface area contributed by atoms with Crippen molar-refractivity contribution in [3.05, 3.63) is 71.2 Å². The van der Waals surface area contributed by atoms with E-state index in [1.54, 1.807) is 6.92 Å². The summed E-state index contributed by atoms with van der Waals surface area (Å²) >= 11 is 1.19. The van der Waals surface area contributed by atoms with Crippen molar-refractivity contribution in [1.82, 2.24) is 13.9 Å². The molecule has 0 saturated heterocycles. The lowest BCUT2D eigenvalue weighted by molar-refractivity contribution is 0.608. The van der Waals surface area contributed by atoms with Gasteiger partial charge in [0.15, 0.2) is 16.4 Å². The second-order valence-corrected chi connectivity index (χ2v) is 12.1. The molecule has 0 fully saturated rings. The molecule has 0 aliphatic carbocycles. The number of benzene rings is 2. The summed E-state index contributed by atoms with van der Waals surface area (Å²) < 4.78 is 5.39. The van der Waals surface area contributed by atoms with E-state index < -0.39 is 0 Å². The summed E-state index contributed by atoms with van der Waals surface area (Å²) in [7, 11) is 2.06. The van der Waals surface area contributed by atoms with Crippen molar-refractivity contribution in [2.75, 3.05) is 16.8 Å². The van der Waals surface area contributed by atoms with E-state index in [2.05, 4.69) is 94.3 Å². The van der Waals surface area contributed by atoms with E-state index in [9.17, 15) is 5.26 Å². The van der Waals surface area contributed by atoms with E-state index in [1.807, 2.05) is 66.7 Å². The van der Waals surface area contributed by atoms with Gasteiger partial charge in [0.25, 0.3) is 5.95 Å². The Hall–Kier alpha value is -5.96. The van der Waals surface area contributed by atoms with Crippen LogP contribution in [0.4, 0.5) is 33.7 Å². The van der Waals surface area contributed by atoms with Gasteiger partial charge in [-0.25, -0.2) is 0 Å². The second kappa shape index (κ2) is 17.1. The van der Waals surface area contributed by atoms with Crippen LogP contribution in [0.1, 0.15) is 64.2 Å². The molecule has 0 amide bonds. The van der Waals surface area contributed by atoms with Crippen LogP contribution in [0.25, 0.3) is 0 Å². The molecule has 0 aliphatic rings. The fraction of sp³-hybridized carbons (Fsp3) is 0.353. The molecular formula is C34H37N13S. The van der Waals surface area contributed by atoms with E-state index in [1.165, 1.54) is 16.1 Å². The van der Waals surface area contributed by atoms with Gasteiger partial charge in [-0.15, -0.1) is 20.5 Å². The lowest BCUT2D eigenvalue weighted by Gasteiger charge is -2.33. The average molecular weight is 660 g/mol. The molecular weight excluding hydrogens is 623 g/mol. The van der Waals surface area contributed by atoms with Gasteiger partial charge in [0.05, 0.1) is 23.1 Å². The molecule has 0 saturated carbocycles. The van der Waals surface area contributed by atoms with Gasteiger partial charge in [-0.05, 0) is 109 Å². The number of rotatable bonds is 10. The van der Waals surface area contributed by atoms with E-state index in [-0.39, 0.29) is 23.9 Å². The van der Waals surface area contributed by atoms with Gasteiger partial charge in [0.2, 0.25) is 0 Å². The largest absolute Gasteiger partial charge is 0.372 e. The van der Waals surface area contributed by atoms with E-state index in [0.717, 1.165) is 17.1 Å².